The zero-order chi connectivity index (χ0) is 24.1. The van der Waals surface area contributed by atoms with Gasteiger partial charge in [-0.2, -0.15) is 0 Å². The quantitative estimate of drug-likeness (QED) is 0.519. The van der Waals surface area contributed by atoms with Gasteiger partial charge < -0.3 is 19.7 Å². The van der Waals surface area contributed by atoms with E-state index in [0.717, 1.165) is 19.4 Å². The molecule has 0 radical (unpaired) electrons. The lowest BCUT2D eigenvalue weighted by molar-refractivity contribution is -0.121. The molecule has 1 atom stereocenters. The molecule has 0 spiro atoms. The van der Waals surface area contributed by atoms with Crippen LogP contribution in [0, 0.1) is 0 Å². The highest BCUT2D eigenvalue weighted by Crippen LogP contribution is 2.35. The Hall–Kier alpha value is -2.94. The van der Waals surface area contributed by atoms with E-state index in [-0.39, 0.29) is 18.9 Å². The molecular weight excluding hydrogens is 454 g/mol. The standard InChI is InChI=1S/C25H33N3O5S/c1-19-17-20-7-3-4-8-22(20)27(19)13-6-12-26-25(29)9-5-14-28(34(2,30)31)21-10-11-23-24(18-21)33-16-15-32-23/h3-4,7-8,10-11,18-19H,5-6,9,12-17H2,1-2H3,(H,26,29)/t19-/m0/s1. The maximum atomic E-state index is 12.4. The number of hydrogen-bond donors (Lipinski definition) is 1. The van der Waals surface area contributed by atoms with Crippen LogP contribution in [0.1, 0.15) is 31.7 Å². The first-order valence-corrected chi connectivity index (χ1v) is 13.7. The third-order valence-corrected chi connectivity index (χ3v) is 7.42. The van der Waals surface area contributed by atoms with Crippen LogP contribution in [0.5, 0.6) is 11.5 Å². The van der Waals surface area contributed by atoms with Crippen molar-refractivity contribution in [3.05, 3.63) is 48.0 Å². The molecule has 1 N–H and O–H groups in total. The number of fused-ring (bicyclic) bond motifs is 2. The highest BCUT2D eigenvalue weighted by Gasteiger charge is 2.25. The minimum Gasteiger partial charge on any atom is -0.486 e. The number of rotatable bonds is 10. The van der Waals surface area contributed by atoms with E-state index in [1.165, 1.54) is 21.8 Å². The van der Waals surface area contributed by atoms with Crippen LogP contribution in [0.15, 0.2) is 42.5 Å². The lowest BCUT2D eigenvalue weighted by Crippen LogP contribution is -2.34. The molecule has 2 aliphatic heterocycles. The second-order valence-electron chi connectivity index (χ2n) is 8.85. The molecule has 2 aliphatic rings. The first-order chi connectivity index (χ1) is 16.3. The highest BCUT2D eigenvalue weighted by atomic mass is 32.2. The van der Waals surface area contributed by atoms with Gasteiger partial charge in [0.15, 0.2) is 11.5 Å². The second-order valence-corrected chi connectivity index (χ2v) is 10.8. The van der Waals surface area contributed by atoms with E-state index in [1.54, 1.807) is 18.2 Å². The van der Waals surface area contributed by atoms with Crippen molar-refractivity contribution >= 4 is 27.3 Å². The third-order valence-electron chi connectivity index (χ3n) is 6.23. The zero-order valence-electron chi connectivity index (χ0n) is 19.8. The predicted octanol–water partition coefficient (Wildman–Crippen LogP) is 2.96. The summed E-state index contributed by atoms with van der Waals surface area (Å²) >= 11 is 0. The Kier molecular flexibility index (Phi) is 7.50. The molecule has 0 fully saturated rings. The van der Waals surface area contributed by atoms with Crippen molar-refractivity contribution in [2.24, 2.45) is 0 Å². The maximum absolute atomic E-state index is 12.4. The topological polar surface area (TPSA) is 88.2 Å². The number of ether oxygens (including phenoxy) is 2. The largest absolute Gasteiger partial charge is 0.486 e. The number of sulfonamides is 1. The first-order valence-electron chi connectivity index (χ1n) is 11.8. The second kappa shape index (κ2) is 10.5. The average Bonchev–Trinajstić information content (AvgIpc) is 3.13. The first kappa shape index (κ1) is 24.2. The van der Waals surface area contributed by atoms with Crippen LogP contribution in [0.3, 0.4) is 0 Å². The van der Waals surface area contributed by atoms with Gasteiger partial charge in [-0.25, -0.2) is 8.42 Å². The zero-order valence-corrected chi connectivity index (χ0v) is 20.6. The molecule has 0 aliphatic carbocycles. The SMILES string of the molecule is C[C@H]1Cc2ccccc2N1CCCNC(=O)CCCN(c1ccc2c(c1)OCCO2)S(C)(=O)=O. The Morgan fingerprint density at radius 1 is 1.12 bits per heavy atom. The van der Waals surface area contributed by atoms with E-state index in [4.69, 9.17) is 9.47 Å². The van der Waals surface area contributed by atoms with Crippen LogP contribution in [-0.2, 0) is 21.2 Å². The van der Waals surface area contributed by atoms with E-state index in [1.807, 2.05) is 0 Å². The molecule has 4 rings (SSSR count). The number of carbonyl (C=O) groups is 1. The van der Waals surface area contributed by atoms with E-state index >= 15 is 0 Å². The lowest BCUT2D eigenvalue weighted by Gasteiger charge is -2.25. The van der Waals surface area contributed by atoms with Gasteiger partial charge in [0.1, 0.15) is 13.2 Å². The fourth-order valence-corrected chi connectivity index (χ4v) is 5.55. The summed E-state index contributed by atoms with van der Waals surface area (Å²) in [4.78, 5) is 14.7. The van der Waals surface area contributed by atoms with Crippen molar-refractivity contribution in [3.63, 3.8) is 0 Å². The number of benzene rings is 2. The van der Waals surface area contributed by atoms with Gasteiger partial charge in [-0.15, -0.1) is 0 Å². The van der Waals surface area contributed by atoms with Gasteiger partial charge in [0.05, 0.1) is 11.9 Å². The minimum atomic E-state index is -3.50. The van der Waals surface area contributed by atoms with Crippen LogP contribution >= 0.6 is 0 Å². The van der Waals surface area contributed by atoms with Crippen LogP contribution in [0.2, 0.25) is 0 Å². The van der Waals surface area contributed by atoms with Gasteiger partial charge in [0, 0.05) is 43.9 Å². The molecule has 2 heterocycles. The summed E-state index contributed by atoms with van der Waals surface area (Å²) in [5.74, 6) is 1.07. The normalized spacial score (nSPS) is 16.8. The summed E-state index contributed by atoms with van der Waals surface area (Å²) in [6.07, 6.45) is 3.77. The minimum absolute atomic E-state index is 0.0644. The van der Waals surface area contributed by atoms with Crippen molar-refractivity contribution < 1.29 is 22.7 Å². The van der Waals surface area contributed by atoms with Gasteiger partial charge in [-0.1, -0.05) is 18.2 Å². The molecule has 8 nitrogen and oxygen atoms in total. The number of nitrogens with zero attached hydrogens (tertiary/aromatic N) is 2. The maximum Gasteiger partial charge on any atom is 0.232 e. The molecule has 2 aromatic carbocycles. The molecule has 0 unspecified atom stereocenters. The number of nitrogens with one attached hydrogen (secondary N) is 1. The van der Waals surface area contributed by atoms with Crippen LogP contribution in [-0.4, -0.2) is 59.5 Å². The van der Waals surface area contributed by atoms with Gasteiger partial charge in [-0.3, -0.25) is 9.10 Å². The molecular formula is C25H33N3O5S. The van der Waals surface area contributed by atoms with Crippen molar-refractivity contribution in [2.45, 2.75) is 38.6 Å². The highest BCUT2D eigenvalue weighted by molar-refractivity contribution is 7.92. The van der Waals surface area contributed by atoms with Crippen molar-refractivity contribution in [2.75, 3.05) is 48.3 Å². The van der Waals surface area contributed by atoms with Crippen LogP contribution < -0.4 is 24.0 Å². The smallest absolute Gasteiger partial charge is 0.232 e. The Labute approximate surface area is 201 Å². The number of para-hydroxylation sites is 1. The fraction of sp³-hybridized carbons (Fsp3) is 0.480. The molecule has 0 saturated carbocycles. The van der Waals surface area contributed by atoms with Gasteiger partial charge in [0.2, 0.25) is 15.9 Å². The Balaban J connectivity index is 1.22. The molecule has 184 valence electrons. The molecule has 2 aromatic rings. The Morgan fingerprint density at radius 3 is 2.68 bits per heavy atom. The molecule has 0 saturated heterocycles. The summed E-state index contributed by atoms with van der Waals surface area (Å²) in [7, 11) is -3.50. The molecule has 0 bridgehead atoms. The third kappa shape index (κ3) is 5.75. The monoisotopic (exact) mass is 487 g/mol. The molecule has 34 heavy (non-hydrogen) atoms. The van der Waals surface area contributed by atoms with E-state index < -0.39 is 10.0 Å². The summed E-state index contributed by atoms with van der Waals surface area (Å²) in [5.41, 5.74) is 3.18. The summed E-state index contributed by atoms with van der Waals surface area (Å²) in [5, 5.41) is 2.97. The lowest BCUT2D eigenvalue weighted by atomic mass is 10.1. The van der Waals surface area contributed by atoms with Crippen molar-refractivity contribution in [3.8, 4) is 11.5 Å². The van der Waals surface area contributed by atoms with Crippen molar-refractivity contribution in [1.29, 1.82) is 0 Å². The van der Waals surface area contributed by atoms with E-state index in [9.17, 15) is 13.2 Å². The summed E-state index contributed by atoms with van der Waals surface area (Å²) in [6.45, 7) is 4.84. The van der Waals surface area contributed by atoms with Gasteiger partial charge in [-0.05, 0) is 49.9 Å². The average molecular weight is 488 g/mol. The van der Waals surface area contributed by atoms with Gasteiger partial charge >= 0.3 is 0 Å². The molecule has 9 heteroatoms. The van der Waals surface area contributed by atoms with E-state index in [0.29, 0.717) is 49.4 Å². The molecule has 0 aromatic heterocycles. The molecule has 1 amide bonds. The Morgan fingerprint density at radius 2 is 1.88 bits per heavy atom. The van der Waals surface area contributed by atoms with Crippen LogP contribution in [0.4, 0.5) is 11.4 Å². The Bertz CT molecular complexity index is 1120. The number of anilines is 2. The van der Waals surface area contributed by atoms with Crippen LogP contribution in [0.25, 0.3) is 0 Å². The van der Waals surface area contributed by atoms with Crippen molar-refractivity contribution in [1.82, 2.24) is 5.32 Å². The number of amides is 1. The fourth-order valence-electron chi connectivity index (χ4n) is 4.59. The number of carbonyl (C=O) groups excluding carboxylic acids is 1. The summed E-state index contributed by atoms with van der Waals surface area (Å²) in [6, 6.07) is 14.0. The predicted molar refractivity (Wildman–Crippen MR) is 133 cm³/mol. The van der Waals surface area contributed by atoms with E-state index in [2.05, 4.69) is 41.4 Å². The summed E-state index contributed by atoms with van der Waals surface area (Å²) < 4.78 is 37.1. The number of hydrogen-bond acceptors (Lipinski definition) is 6. The van der Waals surface area contributed by atoms with Gasteiger partial charge in [0.25, 0.3) is 0 Å².